The smallest absolute Gasteiger partial charge is 0.182 e. The Morgan fingerprint density at radius 3 is 2.85 bits per heavy atom. The topological polar surface area (TPSA) is 45.1 Å². The van der Waals surface area contributed by atoms with Crippen molar-refractivity contribution in [3.05, 3.63) is 11.6 Å². The number of aliphatic hydroxyl groups is 1. The average molecular weight is 200 g/mol. The third-order valence-electron chi connectivity index (χ3n) is 1.74. The van der Waals surface area contributed by atoms with Crippen molar-refractivity contribution < 1.29 is 5.11 Å². The Balaban J connectivity index is 2.40. The van der Waals surface area contributed by atoms with Crippen molar-refractivity contribution in [3.63, 3.8) is 0 Å². The van der Waals surface area contributed by atoms with E-state index in [2.05, 4.69) is 24.1 Å². The van der Waals surface area contributed by atoms with Gasteiger partial charge in [-0.15, -0.1) is 11.3 Å². The van der Waals surface area contributed by atoms with Crippen LogP contribution in [0.2, 0.25) is 0 Å². The summed E-state index contributed by atoms with van der Waals surface area (Å²) in [5, 5.41) is 15.1. The number of aliphatic hydroxyl groups excluding tert-OH is 1. The lowest BCUT2D eigenvalue weighted by Gasteiger charge is -2.17. The van der Waals surface area contributed by atoms with Crippen molar-refractivity contribution in [1.82, 2.24) is 4.98 Å². The van der Waals surface area contributed by atoms with Crippen LogP contribution in [0.15, 0.2) is 11.6 Å². The van der Waals surface area contributed by atoms with Gasteiger partial charge in [0.25, 0.3) is 0 Å². The van der Waals surface area contributed by atoms with Crippen molar-refractivity contribution in [2.24, 2.45) is 5.92 Å². The minimum Gasteiger partial charge on any atom is -0.394 e. The van der Waals surface area contributed by atoms with E-state index in [0.717, 1.165) is 11.6 Å². The van der Waals surface area contributed by atoms with Gasteiger partial charge in [0, 0.05) is 11.6 Å². The summed E-state index contributed by atoms with van der Waals surface area (Å²) in [4.78, 5) is 4.11. The van der Waals surface area contributed by atoms with Crippen LogP contribution in [-0.4, -0.2) is 22.7 Å². The summed E-state index contributed by atoms with van der Waals surface area (Å²) >= 11 is 1.56. The summed E-state index contributed by atoms with van der Waals surface area (Å²) in [6.45, 7) is 4.45. The normalized spacial score (nSPS) is 13.2. The Labute approximate surface area is 82.8 Å². The van der Waals surface area contributed by atoms with Gasteiger partial charge < -0.3 is 10.4 Å². The van der Waals surface area contributed by atoms with E-state index in [4.69, 9.17) is 5.11 Å². The minimum absolute atomic E-state index is 0.131. The van der Waals surface area contributed by atoms with Crippen molar-refractivity contribution in [1.29, 1.82) is 0 Å². The first-order valence-electron chi connectivity index (χ1n) is 4.49. The molecule has 1 unspecified atom stereocenters. The first kappa shape index (κ1) is 10.5. The van der Waals surface area contributed by atoms with E-state index in [-0.39, 0.29) is 12.6 Å². The first-order chi connectivity index (χ1) is 6.22. The molecule has 0 saturated carbocycles. The monoisotopic (exact) mass is 200 g/mol. The molecule has 0 radical (unpaired) electrons. The highest BCUT2D eigenvalue weighted by Gasteiger charge is 2.09. The SMILES string of the molecule is CC(C)CC(CO)Nc1nccs1. The van der Waals surface area contributed by atoms with Crippen LogP contribution in [0.4, 0.5) is 5.13 Å². The Morgan fingerprint density at radius 1 is 1.62 bits per heavy atom. The molecule has 0 spiro atoms. The zero-order valence-corrected chi connectivity index (χ0v) is 8.84. The second-order valence-electron chi connectivity index (χ2n) is 3.49. The summed E-state index contributed by atoms with van der Waals surface area (Å²) in [5.41, 5.74) is 0. The summed E-state index contributed by atoms with van der Waals surface area (Å²) in [6, 6.07) is 0.131. The van der Waals surface area contributed by atoms with E-state index in [1.54, 1.807) is 17.5 Å². The number of hydrogen-bond acceptors (Lipinski definition) is 4. The van der Waals surface area contributed by atoms with Crippen molar-refractivity contribution in [2.45, 2.75) is 26.3 Å². The van der Waals surface area contributed by atoms with Crippen LogP contribution in [0.5, 0.6) is 0 Å². The van der Waals surface area contributed by atoms with Gasteiger partial charge in [0.15, 0.2) is 5.13 Å². The number of hydrogen-bond donors (Lipinski definition) is 2. The summed E-state index contributed by atoms with van der Waals surface area (Å²) < 4.78 is 0. The zero-order valence-electron chi connectivity index (χ0n) is 8.03. The number of thiazole rings is 1. The maximum absolute atomic E-state index is 9.09. The van der Waals surface area contributed by atoms with Gasteiger partial charge in [0.05, 0.1) is 12.6 Å². The largest absolute Gasteiger partial charge is 0.394 e. The lowest BCUT2D eigenvalue weighted by molar-refractivity contribution is 0.259. The lowest BCUT2D eigenvalue weighted by atomic mass is 10.1. The number of anilines is 1. The first-order valence-corrected chi connectivity index (χ1v) is 5.37. The van der Waals surface area contributed by atoms with E-state index >= 15 is 0 Å². The van der Waals surface area contributed by atoms with Gasteiger partial charge in [-0.1, -0.05) is 13.8 Å². The molecule has 74 valence electrons. The molecular weight excluding hydrogens is 184 g/mol. The van der Waals surface area contributed by atoms with Crippen LogP contribution in [0.1, 0.15) is 20.3 Å². The third kappa shape index (κ3) is 3.74. The summed E-state index contributed by atoms with van der Waals surface area (Å²) in [7, 11) is 0. The molecule has 0 saturated heterocycles. The molecule has 13 heavy (non-hydrogen) atoms. The molecule has 1 atom stereocenters. The lowest BCUT2D eigenvalue weighted by Crippen LogP contribution is -2.25. The van der Waals surface area contributed by atoms with Crippen LogP contribution in [0.25, 0.3) is 0 Å². The van der Waals surface area contributed by atoms with Crippen LogP contribution in [-0.2, 0) is 0 Å². The number of rotatable bonds is 5. The average Bonchev–Trinajstić information content (AvgIpc) is 2.55. The molecule has 0 amide bonds. The molecule has 2 N–H and O–H groups in total. The molecule has 0 aliphatic carbocycles. The molecule has 0 bridgehead atoms. The van der Waals surface area contributed by atoms with Crippen molar-refractivity contribution >= 4 is 16.5 Å². The van der Waals surface area contributed by atoms with Gasteiger partial charge in [0.1, 0.15) is 0 Å². The fourth-order valence-electron chi connectivity index (χ4n) is 1.22. The van der Waals surface area contributed by atoms with E-state index in [1.165, 1.54) is 0 Å². The highest BCUT2D eigenvalue weighted by atomic mass is 32.1. The molecule has 0 aromatic carbocycles. The van der Waals surface area contributed by atoms with Crippen LogP contribution >= 0.6 is 11.3 Å². The van der Waals surface area contributed by atoms with Gasteiger partial charge in [-0.3, -0.25) is 0 Å². The van der Waals surface area contributed by atoms with Gasteiger partial charge in [-0.05, 0) is 12.3 Å². The molecule has 0 fully saturated rings. The predicted octanol–water partition coefficient (Wildman–Crippen LogP) is 1.96. The predicted molar refractivity (Wildman–Crippen MR) is 56.1 cm³/mol. The van der Waals surface area contributed by atoms with Crippen LogP contribution in [0, 0.1) is 5.92 Å². The maximum Gasteiger partial charge on any atom is 0.182 e. The fourth-order valence-corrected chi connectivity index (χ4v) is 1.82. The van der Waals surface area contributed by atoms with Gasteiger partial charge in [0.2, 0.25) is 0 Å². The molecule has 0 aliphatic heterocycles. The highest BCUT2D eigenvalue weighted by Crippen LogP contribution is 2.14. The Morgan fingerprint density at radius 2 is 2.38 bits per heavy atom. The summed E-state index contributed by atoms with van der Waals surface area (Å²) in [6.07, 6.45) is 2.73. The van der Waals surface area contributed by atoms with Gasteiger partial charge >= 0.3 is 0 Å². The minimum atomic E-state index is 0.131. The highest BCUT2D eigenvalue weighted by molar-refractivity contribution is 7.13. The van der Waals surface area contributed by atoms with Crippen molar-refractivity contribution in [2.75, 3.05) is 11.9 Å². The van der Waals surface area contributed by atoms with E-state index in [9.17, 15) is 0 Å². The number of nitrogens with zero attached hydrogens (tertiary/aromatic N) is 1. The van der Waals surface area contributed by atoms with E-state index in [1.807, 2.05) is 5.38 Å². The van der Waals surface area contributed by atoms with E-state index < -0.39 is 0 Å². The zero-order chi connectivity index (χ0) is 9.68. The van der Waals surface area contributed by atoms with Gasteiger partial charge in [-0.2, -0.15) is 0 Å². The molecule has 0 aliphatic rings. The molecule has 1 aromatic heterocycles. The molecule has 1 aromatic rings. The molecule has 3 nitrogen and oxygen atoms in total. The van der Waals surface area contributed by atoms with Crippen LogP contribution in [0.3, 0.4) is 0 Å². The second-order valence-corrected chi connectivity index (χ2v) is 4.39. The fraction of sp³-hybridized carbons (Fsp3) is 0.667. The van der Waals surface area contributed by atoms with Crippen LogP contribution < -0.4 is 5.32 Å². The van der Waals surface area contributed by atoms with E-state index in [0.29, 0.717) is 5.92 Å². The maximum atomic E-state index is 9.09. The molecule has 1 heterocycles. The second kappa shape index (κ2) is 5.19. The van der Waals surface area contributed by atoms with Crippen molar-refractivity contribution in [3.8, 4) is 0 Å². The molecule has 1 rings (SSSR count). The molecular formula is C9H16N2OS. The standard InChI is InChI=1S/C9H16N2OS/c1-7(2)5-8(6-12)11-9-10-3-4-13-9/h3-4,7-8,12H,5-6H2,1-2H3,(H,10,11). The Bertz CT molecular complexity index is 224. The quantitative estimate of drug-likeness (QED) is 0.763. The number of aromatic nitrogens is 1. The molecule has 4 heteroatoms. The summed E-state index contributed by atoms with van der Waals surface area (Å²) in [5.74, 6) is 0.588. The Hall–Kier alpha value is -0.610. The third-order valence-corrected chi connectivity index (χ3v) is 2.44. The Kier molecular flexibility index (Phi) is 4.18. The number of nitrogens with one attached hydrogen (secondary N) is 1. The van der Waals surface area contributed by atoms with Gasteiger partial charge in [-0.25, -0.2) is 4.98 Å².